The van der Waals surface area contributed by atoms with Crippen molar-refractivity contribution in [2.24, 2.45) is 0 Å². The molecule has 0 heterocycles. The van der Waals surface area contributed by atoms with Gasteiger partial charge in [0.1, 0.15) is 0 Å². The molecule has 0 fully saturated rings. The molecule has 2 aromatic carbocycles. The number of aryl methyl sites for hydroxylation is 1. The second-order valence-electron chi connectivity index (χ2n) is 4.81. The Morgan fingerprint density at radius 2 is 1.79 bits per heavy atom. The minimum absolute atomic E-state index is 0.233. The van der Waals surface area contributed by atoms with Gasteiger partial charge in [-0.2, -0.15) is 0 Å². The van der Waals surface area contributed by atoms with Crippen molar-refractivity contribution in [3.63, 3.8) is 0 Å². The van der Waals surface area contributed by atoms with Gasteiger partial charge in [0.05, 0.1) is 6.04 Å². The molecule has 0 spiro atoms. The van der Waals surface area contributed by atoms with Gasteiger partial charge in [0.2, 0.25) is 0 Å². The summed E-state index contributed by atoms with van der Waals surface area (Å²) in [6.45, 7) is 5.23. The van der Waals surface area contributed by atoms with Gasteiger partial charge in [-0.05, 0) is 42.6 Å². The van der Waals surface area contributed by atoms with Crippen LogP contribution in [0.15, 0.2) is 48.5 Å². The molecule has 1 atom stereocenters. The summed E-state index contributed by atoms with van der Waals surface area (Å²) in [6.07, 6.45) is 1.12. The minimum atomic E-state index is 0.233. The van der Waals surface area contributed by atoms with Crippen LogP contribution in [0, 0.1) is 6.92 Å². The monoisotopic (exact) mass is 273 g/mol. The summed E-state index contributed by atoms with van der Waals surface area (Å²) in [7, 11) is 0. The highest BCUT2D eigenvalue weighted by Crippen LogP contribution is 2.25. The second kappa shape index (κ2) is 6.74. The zero-order valence-electron chi connectivity index (χ0n) is 11.5. The summed E-state index contributed by atoms with van der Waals surface area (Å²) in [5, 5.41) is 4.43. The van der Waals surface area contributed by atoms with Crippen LogP contribution in [0.3, 0.4) is 0 Å². The van der Waals surface area contributed by atoms with E-state index < -0.39 is 0 Å². The number of hydrogen-bond acceptors (Lipinski definition) is 1. The molecular formula is C17H20ClN. The highest BCUT2D eigenvalue weighted by molar-refractivity contribution is 6.31. The number of benzene rings is 2. The fourth-order valence-electron chi connectivity index (χ4n) is 2.21. The van der Waals surface area contributed by atoms with Crippen molar-refractivity contribution in [1.82, 2.24) is 5.32 Å². The number of halogens is 1. The van der Waals surface area contributed by atoms with E-state index in [-0.39, 0.29) is 6.04 Å². The quantitative estimate of drug-likeness (QED) is 0.830. The summed E-state index contributed by atoms with van der Waals surface area (Å²) in [5.74, 6) is 0. The maximum absolute atomic E-state index is 6.12. The van der Waals surface area contributed by atoms with E-state index in [4.69, 9.17) is 11.6 Å². The van der Waals surface area contributed by atoms with Crippen LogP contribution in [0.5, 0.6) is 0 Å². The topological polar surface area (TPSA) is 12.0 Å². The Balaban J connectivity index is 2.34. The van der Waals surface area contributed by atoms with Crippen LogP contribution >= 0.6 is 11.6 Å². The van der Waals surface area contributed by atoms with Gasteiger partial charge < -0.3 is 5.32 Å². The van der Waals surface area contributed by atoms with Gasteiger partial charge in [0, 0.05) is 5.02 Å². The van der Waals surface area contributed by atoms with Crippen molar-refractivity contribution < 1.29 is 0 Å². The largest absolute Gasteiger partial charge is 0.306 e. The minimum Gasteiger partial charge on any atom is -0.306 e. The second-order valence-corrected chi connectivity index (χ2v) is 5.21. The molecular weight excluding hydrogens is 254 g/mol. The van der Waals surface area contributed by atoms with Gasteiger partial charge in [-0.15, -0.1) is 0 Å². The van der Waals surface area contributed by atoms with Gasteiger partial charge in [0.25, 0.3) is 0 Å². The maximum Gasteiger partial charge on any atom is 0.0576 e. The first-order valence-corrected chi connectivity index (χ1v) is 7.14. The SMILES string of the molecule is CCCNC(c1ccccc1)c1ccc(Cl)c(C)c1. The molecule has 0 saturated heterocycles. The highest BCUT2D eigenvalue weighted by atomic mass is 35.5. The van der Waals surface area contributed by atoms with Crippen LogP contribution in [0.2, 0.25) is 5.02 Å². The van der Waals surface area contributed by atoms with Gasteiger partial charge in [-0.25, -0.2) is 0 Å². The summed E-state index contributed by atoms with van der Waals surface area (Å²) < 4.78 is 0. The molecule has 0 aromatic heterocycles. The molecule has 2 aromatic rings. The smallest absolute Gasteiger partial charge is 0.0576 e. The van der Waals surface area contributed by atoms with Crippen LogP contribution in [-0.4, -0.2) is 6.54 Å². The summed E-state index contributed by atoms with van der Waals surface area (Å²) in [6, 6.07) is 17.0. The molecule has 100 valence electrons. The summed E-state index contributed by atoms with van der Waals surface area (Å²) in [4.78, 5) is 0. The first-order chi connectivity index (χ1) is 9.22. The Hall–Kier alpha value is -1.31. The summed E-state index contributed by atoms with van der Waals surface area (Å²) >= 11 is 6.12. The van der Waals surface area contributed by atoms with Crippen LogP contribution in [-0.2, 0) is 0 Å². The van der Waals surface area contributed by atoms with Gasteiger partial charge in [-0.1, -0.05) is 61.0 Å². The fraction of sp³-hybridized carbons (Fsp3) is 0.294. The predicted octanol–water partition coefficient (Wildman–Crippen LogP) is 4.74. The van der Waals surface area contributed by atoms with E-state index in [1.54, 1.807) is 0 Å². The first-order valence-electron chi connectivity index (χ1n) is 6.76. The fourth-order valence-corrected chi connectivity index (χ4v) is 2.33. The standard InChI is InChI=1S/C17H20ClN/c1-3-11-19-17(14-7-5-4-6-8-14)15-9-10-16(18)13(2)12-15/h4-10,12,17,19H,3,11H2,1-2H3. The molecule has 2 rings (SSSR count). The molecule has 0 aliphatic carbocycles. The normalized spacial score (nSPS) is 12.4. The zero-order valence-corrected chi connectivity index (χ0v) is 12.2. The molecule has 1 nitrogen and oxygen atoms in total. The Labute approximate surface area is 120 Å². The van der Waals surface area contributed by atoms with E-state index in [9.17, 15) is 0 Å². The lowest BCUT2D eigenvalue weighted by Gasteiger charge is -2.20. The molecule has 19 heavy (non-hydrogen) atoms. The van der Waals surface area contributed by atoms with E-state index in [2.05, 4.69) is 48.6 Å². The van der Waals surface area contributed by atoms with Crippen molar-refractivity contribution in [2.45, 2.75) is 26.3 Å². The third-order valence-corrected chi connectivity index (χ3v) is 3.67. The molecule has 1 unspecified atom stereocenters. The van der Waals surface area contributed by atoms with E-state index in [1.165, 1.54) is 11.1 Å². The molecule has 0 saturated carbocycles. The molecule has 0 aliphatic rings. The van der Waals surface area contributed by atoms with E-state index >= 15 is 0 Å². The molecule has 0 aliphatic heterocycles. The lowest BCUT2D eigenvalue weighted by molar-refractivity contribution is 0.598. The van der Waals surface area contributed by atoms with Crippen LogP contribution in [0.1, 0.15) is 36.1 Å². The van der Waals surface area contributed by atoms with Crippen molar-refractivity contribution in [2.75, 3.05) is 6.54 Å². The molecule has 0 radical (unpaired) electrons. The average Bonchev–Trinajstić information content (AvgIpc) is 2.44. The van der Waals surface area contributed by atoms with Crippen LogP contribution < -0.4 is 5.32 Å². The van der Waals surface area contributed by atoms with Crippen LogP contribution in [0.4, 0.5) is 0 Å². The number of hydrogen-bond donors (Lipinski definition) is 1. The van der Waals surface area contributed by atoms with Gasteiger partial charge in [-0.3, -0.25) is 0 Å². The highest BCUT2D eigenvalue weighted by Gasteiger charge is 2.13. The maximum atomic E-state index is 6.12. The first kappa shape index (κ1) is 14.1. The number of nitrogens with one attached hydrogen (secondary N) is 1. The molecule has 1 N–H and O–H groups in total. The van der Waals surface area contributed by atoms with Gasteiger partial charge >= 0.3 is 0 Å². The zero-order chi connectivity index (χ0) is 13.7. The van der Waals surface area contributed by atoms with Gasteiger partial charge in [0.15, 0.2) is 0 Å². The average molecular weight is 274 g/mol. The van der Waals surface area contributed by atoms with E-state index in [1.807, 2.05) is 19.1 Å². The summed E-state index contributed by atoms with van der Waals surface area (Å²) in [5.41, 5.74) is 3.68. The van der Waals surface area contributed by atoms with Crippen molar-refractivity contribution in [1.29, 1.82) is 0 Å². The van der Waals surface area contributed by atoms with E-state index in [0.29, 0.717) is 0 Å². The third kappa shape index (κ3) is 3.59. The van der Waals surface area contributed by atoms with Crippen LogP contribution in [0.25, 0.3) is 0 Å². The van der Waals surface area contributed by atoms with Crippen molar-refractivity contribution in [3.8, 4) is 0 Å². The lowest BCUT2D eigenvalue weighted by Crippen LogP contribution is -2.23. The third-order valence-electron chi connectivity index (χ3n) is 3.25. The Bertz CT molecular complexity index is 522. The number of rotatable bonds is 5. The van der Waals surface area contributed by atoms with E-state index in [0.717, 1.165) is 23.6 Å². The molecule has 0 bridgehead atoms. The van der Waals surface area contributed by atoms with Crippen molar-refractivity contribution in [3.05, 3.63) is 70.2 Å². The Kier molecular flexibility index (Phi) is 5.00. The molecule has 0 amide bonds. The molecule has 2 heteroatoms. The van der Waals surface area contributed by atoms with Crippen molar-refractivity contribution >= 4 is 11.6 Å². The lowest BCUT2D eigenvalue weighted by atomic mass is 9.97. The Morgan fingerprint density at radius 3 is 2.42 bits per heavy atom. The Morgan fingerprint density at radius 1 is 1.05 bits per heavy atom. The predicted molar refractivity (Wildman–Crippen MR) is 82.8 cm³/mol.